The Hall–Kier alpha value is -3.46. The molecule has 3 rings (SSSR count). The largest absolute Gasteiger partial charge is 0.369 e. The first-order chi connectivity index (χ1) is 15.2. The number of benzene rings is 2. The van der Waals surface area contributed by atoms with E-state index in [0.29, 0.717) is 13.1 Å². The number of carbonyl (C=O) groups is 2. The molecule has 2 N–H and O–H groups in total. The molecule has 0 radical (unpaired) electrons. The van der Waals surface area contributed by atoms with Crippen molar-refractivity contribution in [2.45, 2.75) is 20.8 Å². The second-order valence-corrected chi connectivity index (χ2v) is 8.14. The summed E-state index contributed by atoms with van der Waals surface area (Å²) >= 11 is 0. The normalized spacial score (nSPS) is 14.2. The van der Waals surface area contributed by atoms with Gasteiger partial charge in [0, 0.05) is 49.7 Å². The van der Waals surface area contributed by atoms with Crippen molar-refractivity contribution in [3.05, 3.63) is 63.2 Å². The van der Waals surface area contributed by atoms with Gasteiger partial charge in [-0.3, -0.25) is 24.6 Å². The van der Waals surface area contributed by atoms with Gasteiger partial charge in [0.05, 0.1) is 18.0 Å². The number of aryl methyl sites for hydroxylation is 3. The number of hydrogen-bond donors (Lipinski definition) is 2. The van der Waals surface area contributed by atoms with E-state index in [1.54, 1.807) is 12.1 Å². The summed E-state index contributed by atoms with van der Waals surface area (Å²) in [5.74, 6) is -0.447. The van der Waals surface area contributed by atoms with Gasteiger partial charge >= 0.3 is 0 Å². The van der Waals surface area contributed by atoms with Crippen molar-refractivity contribution in [3.63, 3.8) is 0 Å². The summed E-state index contributed by atoms with van der Waals surface area (Å²) in [7, 11) is 0. The maximum atomic E-state index is 12.3. The molecule has 0 aliphatic carbocycles. The lowest BCUT2D eigenvalue weighted by Crippen LogP contribution is -2.50. The molecule has 1 saturated heterocycles. The van der Waals surface area contributed by atoms with Crippen LogP contribution in [0.3, 0.4) is 0 Å². The van der Waals surface area contributed by atoms with Gasteiger partial charge in [-0.25, -0.2) is 0 Å². The fraction of sp³-hybridized carbons (Fsp3) is 0.391. The zero-order valence-corrected chi connectivity index (χ0v) is 18.7. The molecule has 0 aromatic heterocycles. The number of amides is 2. The molecular formula is C23H29N5O4. The number of anilines is 2. The Bertz CT molecular complexity index is 975. The maximum Gasteiger partial charge on any atom is 0.269 e. The van der Waals surface area contributed by atoms with Crippen molar-refractivity contribution in [1.82, 2.24) is 10.2 Å². The third kappa shape index (κ3) is 6.04. The average Bonchev–Trinajstić information content (AvgIpc) is 2.75. The van der Waals surface area contributed by atoms with Gasteiger partial charge in [-0.2, -0.15) is 0 Å². The van der Waals surface area contributed by atoms with E-state index in [0.717, 1.165) is 41.2 Å². The Kier molecular flexibility index (Phi) is 7.42. The standard InChI is InChI=1S/C23H29N5O4/c1-16-12-17(2)23(18(3)13-16)25-21(29)14-24-22(30)15-26-8-10-27(11-9-26)19-4-6-20(7-5-19)28(31)32/h4-7,12-13H,8-11,14-15H2,1-3H3,(H,24,30)(H,25,29). The van der Waals surface area contributed by atoms with Crippen LogP contribution in [0.1, 0.15) is 16.7 Å². The number of hydrogen-bond acceptors (Lipinski definition) is 6. The highest BCUT2D eigenvalue weighted by molar-refractivity contribution is 5.96. The molecular weight excluding hydrogens is 410 g/mol. The van der Waals surface area contributed by atoms with Gasteiger partial charge in [-0.15, -0.1) is 0 Å². The van der Waals surface area contributed by atoms with Gasteiger partial charge in [0.25, 0.3) is 5.69 Å². The summed E-state index contributed by atoms with van der Waals surface area (Å²) in [6.45, 7) is 8.89. The van der Waals surface area contributed by atoms with Crippen LogP contribution in [0.25, 0.3) is 0 Å². The lowest BCUT2D eigenvalue weighted by molar-refractivity contribution is -0.384. The summed E-state index contributed by atoms with van der Waals surface area (Å²) in [4.78, 5) is 39.1. The van der Waals surface area contributed by atoms with E-state index in [1.807, 2.05) is 37.8 Å². The summed E-state index contributed by atoms with van der Waals surface area (Å²) in [6.07, 6.45) is 0. The number of nitrogens with one attached hydrogen (secondary N) is 2. The number of piperazine rings is 1. The van der Waals surface area contributed by atoms with Crippen LogP contribution in [0.4, 0.5) is 17.1 Å². The topological polar surface area (TPSA) is 108 Å². The Morgan fingerprint density at radius 1 is 0.969 bits per heavy atom. The molecule has 0 spiro atoms. The molecule has 0 bridgehead atoms. The molecule has 1 aliphatic heterocycles. The van der Waals surface area contributed by atoms with Crippen LogP contribution >= 0.6 is 0 Å². The highest BCUT2D eigenvalue weighted by atomic mass is 16.6. The maximum absolute atomic E-state index is 12.3. The molecule has 1 heterocycles. The van der Waals surface area contributed by atoms with Crippen molar-refractivity contribution in [1.29, 1.82) is 0 Å². The van der Waals surface area contributed by atoms with Crippen molar-refractivity contribution in [3.8, 4) is 0 Å². The first kappa shape index (κ1) is 23.2. The number of nitro benzene ring substituents is 1. The van der Waals surface area contributed by atoms with Gasteiger partial charge in [-0.05, 0) is 44.0 Å². The SMILES string of the molecule is Cc1cc(C)c(NC(=O)CNC(=O)CN2CCN(c3ccc([N+](=O)[O-])cc3)CC2)c(C)c1. The van der Waals surface area contributed by atoms with Crippen LogP contribution in [0.15, 0.2) is 36.4 Å². The minimum atomic E-state index is -0.413. The predicted octanol–water partition coefficient (Wildman–Crippen LogP) is 2.40. The minimum Gasteiger partial charge on any atom is -0.369 e. The molecule has 9 nitrogen and oxygen atoms in total. The lowest BCUT2D eigenvalue weighted by atomic mass is 10.1. The molecule has 2 amide bonds. The number of carbonyl (C=O) groups excluding carboxylic acids is 2. The monoisotopic (exact) mass is 439 g/mol. The van der Waals surface area contributed by atoms with Crippen LogP contribution in [-0.2, 0) is 9.59 Å². The van der Waals surface area contributed by atoms with Crippen LogP contribution < -0.4 is 15.5 Å². The van der Waals surface area contributed by atoms with E-state index in [2.05, 4.69) is 15.5 Å². The summed E-state index contributed by atoms with van der Waals surface area (Å²) in [5.41, 5.74) is 4.91. The highest BCUT2D eigenvalue weighted by Gasteiger charge is 2.20. The van der Waals surface area contributed by atoms with Crippen molar-refractivity contribution < 1.29 is 14.5 Å². The number of non-ortho nitro benzene ring substituents is 1. The number of rotatable bonds is 7. The average molecular weight is 440 g/mol. The van der Waals surface area contributed by atoms with E-state index in [9.17, 15) is 19.7 Å². The Balaban J connectivity index is 1.41. The Morgan fingerprint density at radius 2 is 1.56 bits per heavy atom. The molecule has 9 heteroatoms. The fourth-order valence-electron chi connectivity index (χ4n) is 3.95. The van der Waals surface area contributed by atoms with Gasteiger partial charge in [0.15, 0.2) is 0 Å². The number of nitro groups is 1. The van der Waals surface area contributed by atoms with Crippen molar-refractivity contribution >= 4 is 28.9 Å². The Labute approximate surface area is 187 Å². The van der Waals surface area contributed by atoms with E-state index in [1.165, 1.54) is 12.1 Å². The number of nitrogens with zero attached hydrogens (tertiary/aromatic N) is 3. The van der Waals surface area contributed by atoms with Gasteiger partial charge in [-0.1, -0.05) is 17.7 Å². The zero-order valence-electron chi connectivity index (χ0n) is 18.7. The molecule has 1 aliphatic rings. The highest BCUT2D eigenvalue weighted by Crippen LogP contribution is 2.22. The van der Waals surface area contributed by atoms with Crippen LogP contribution in [-0.4, -0.2) is 60.9 Å². The van der Waals surface area contributed by atoms with Gasteiger partial charge in [0.1, 0.15) is 0 Å². The second-order valence-electron chi connectivity index (χ2n) is 8.14. The smallest absolute Gasteiger partial charge is 0.269 e. The molecule has 170 valence electrons. The molecule has 2 aromatic carbocycles. The summed E-state index contributed by atoms with van der Waals surface area (Å²) in [6, 6.07) is 10.5. The molecule has 0 saturated carbocycles. The van der Waals surface area contributed by atoms with Gasteiger partial charge < -0.3 is 15.5 Å². The van der Waals surface area contributed by atoms with Gasteiger partial charge in [0.2, 0.25) is 11.8 Å². The van der Waals surface area contributed by atoms with Crippen LogP contribution in [0, 0.1) is 30.9 Å². The zero-order chi connectivity index (χ0) is 23.3. The first-order valence-corrected chi connectivity index (χ1v) is 10.6. The third-order valence-electron chi connectivity index (χ3n) is 5.55. The Morgan fingerprint density at radius 3 is 2.12 bits per heavy atom. The minimum absolute atomic E-state index is 0.0702. The van der Waals surface area contributed by atoms with Crippen molar-refractivity contribution in [2.75, 3.05) is 49.5 Å². The third-order valence-corrected chi connectivity index (χ3v) is 5.55. The van der Waals surface area contributed by atoms with E-state index in [-0.39, 0.29) is 30.6 Å². The van der Waals surface area contributed by atoms with Crippen LogP contribution in [0.2, 0.25) is 0 Å². The van der Waals surface area contributed by atoms with E-state index in [4.69, 9.17) is 0 Å². The lowest BCUT2D eigenvalue weighted by Gasteiger charge is -2.35. The predicted molar refractivity (Wildman–Crippen MR) is 124 cm³/mol. The fourth-order valence-corrected chi connectivity index (χ4v) is 3.95. The summed E-state index contributed by atoms with van der Waals surface area (Å²) in [5, 5.41) is 16.4. The second kappa shape index (κ2) is 10.2. The molecule has 32 heavy (non-hydrogen) atoms. The molecule has 2 aromatic rings. The van der Waals surface area contributed by atoms with Crippen molar-refractivity contribution in [2.24, 2.45) is 0 Å². The molecule has 0 atom stereocenters. The summed E-state index contributed by atoms with van der Waals surface area (Å²) < 4.78 is 0. The molecule has 1 fully saturated rings. The first-order valence-electron chi connectivity index (χ1n) is 10.6. The van der Waals surface area contributed by atoms with Crippen LogP contribution in [0.5, 0.6) is 0 Å². The quantitative estimate of drug-likeness (QED) is 0.507. The molecule has 0 unspecified atom stereocenters. The van der Waals surface area contributed by atoms with E-state index >= 15 is 0 Å². The van der Waals surface area contributed by atoms with E-state index < -0.39 is 4.92 Å².